The molecule has 1 nitrogen and oxygen atoms in total. The van der Waals surface area contributed by atoms with Gasteiger partial charge < -0.3 is 4.90 Å². The fraction of sp³-hybridized carbons (Fsp3) is 0.286. The summed E-state index contributed by atoms with van der Waals surface area (Å²) < 4.78 is 0. The van der Waals surface area contributed by atoms with E-state index in [1.165, 1.54) is 11.1 Å². The maximum Gasteiger partial charge on any atom is 0.0427 e. The molecule has 0 aliphatic heterocycles. The summed E-state index contributed by atoms with van der Waals surface area (Å²) in [6.45, 7) is 9.83. The highest BCUT2D eigenvalue weighted by molar-refractivity contribution is 5.85. The highest BCUT2D eigenvalue weighted by atomic mass is 35.5. The standard InChI is InChI=1S/C14H19N.ClH/c1-4-10-15(11-13(2)3)12-14-8-6-5-7-9-14;/h4-9,11H,1,10,12H2,2-3H3;1H. The molecule has 88 valence electrons. The molecule has 0 fully saturated rings. The molecule has 0 aromatic heterocycles. The van der Waals surface area contributed by atoms with Crippen molar-refractivity contribution in [1.82, 2.24) is 4.90 Å². The molecule has 0 amide bonds. The molecule has 0 N–H and O–H groups in total. The van der Waals surface area contributed by atoms with E-state index < -0.39 is 0 Å². The number of hydrogen-bond acceptors (Lipinski definition) is 1. The zero-order valence-electron chi connectivity index (χ0n) is 10.0. The summed E-state index contributed by atoms with van der Waals surface area (Å²) in [5.74, 6) is 0. The molecule has 0 saturated heterocycles. The van der Waals surface area contributed by atoms with Gasteiger partial charge in [0.1, 0.15) is 0 Å². The lowest BCUT2D eigenvalue weighted by atomic mass is 10.2. The smallest absolute Gasteiger partial charge is 0.0427 e. The van der Waals surface area contributed by atoms with Crippen LogP contribution in [-0.2, 0) is 6.54 Å². The Labute approximate surface area is 105 Å². The van der Waals surface area contributed by atoms with Crippen LogP contribution in [0, 0.1) is 0 Å². The van der Waals surface area contributed by atoms with Gasteiger partial charge in [-0.3, -0.25) is 0 Å². The van der Waals surface area contributed by atoms with Crippen molar-refractivity contribution in [2.75, 3.05) is 6.54 Å². The van der Waals surface area contributed by atoms with Crippen LogP contribution in [0.25, 0.3) is 0 Å². The van der Waals surface area contributed by atoms with Crippen molar-refractivity contribution < 1.29 is 0 Å². The Balaban J connectivity index is 0.00000225. The van der Waals surface area contributed by atoms with Gasteiger partial charge in [0.15, 0.2) is 0 Å². The van der Waals surface area contributed by atoms with Gasteiger partial charge in [-0.05, 0) is 25.6 Å². The lowest BCUT2D eigenvalue weighted by Gasteiger charge is -2.19. The fourth-order valence-electron chi connectivity index (χ4n) is 1.51. The number of allylic oxidation sites excluding steroid dienone is 1. The first-order valence-corrected chi connectivity index (χ1v) is 5.26. The minimum atomic E-state index is 0. The van der Waals surface area contributed by atoms with Gasteiger partial charge in [0.2, 0.25) is 0 Å². The Hall–Kier alpha value is -1.21. The zero-order chi connectivity index (χ0) is 11.1. The molecule has 0 aliphatic rings. The predicted octanol–water partition coefficient (Wildman–Crippen LogP) is 4.02. The van der Waals surface area contributed by atoms with E-state index in [4.69, 9.17) is 0 Å². The highest BCUT2D eigenvalue weighted by Crippen LogP contribution is 2.06. The molecule has 2 heteroatoms. The van der Waals surface area contributed by atoms with Crippen molar-refractivity contribution >= 4 is 12.4 Å². The zero-order valence-corrected chi connectivity index (χ0v) is 10.8. The van der Waals surface area contributed by atoms with E-state index in [1.54, 1.807) is 0 Å². The van der Waals surface area contributed by atoms with Crippen LogP contribution < -0.4 is 0 Å². The van der Waals surface area contributed by atoms with Gasteiger partial charge >= 0.3 is 0 Å². The van der Waals surface area contributed by atoms with Gasteiger partial charge in [-0.1, -0.05) is 42.0 Å². The summed E-state index contributed by atoms with van der Waals surface area (Å²) in [6, 6.07) is 10.5. The van der Waals surface area contributed by atoms with Crippen LogP contribution in [0.1, 0.15) is 19.4 Å². The minimum Gasteiger partial charge on any atom is -0.369 e. The van der Waals surface area contributed by atoms with Gasteiger partial charge in [-0.15, -0.1) is 19.0 Å². The molecule has 16 heavy (non-hydrogen) atoms. The van der Waals surface area contributed by atoms with Gasteiger partial charge in [0, 0.05) is 13.1 Å². The second-order valence-corrected chi connectivity index (χ2v) is 3.91. The van der Waals surface area contributed by atoms with Crippen LogP contribution in [0.2, 0.25) is 0 Å². The van der Waals surface area contributed by atoms with Crippen molar-refractivity contribution in [1.29, 1.82) is 0 Å². The molecule has 0 heterocycles. The lowest BCUT2D eigenvalue weighted by Crippen LogP contribution is -2.16. The summed E-state index contributed by atoms with van der Waals surface area (Å²) in [4.78, 5) is 2.26. The first kappa shape index (κ1) is 14.8. The first-order valence-electron chi connectivity index (χ1n) is 5.26. The lowest BCUT2D eigenvalue weighted by molar-refractivity contribution is 0.406. The normalized spacial score (nSPS) is 8.88. The van der Waals surface area contributed by atoms with E-state index in [1.807, 2.05) is 12.1 Å². The largest absolute Gasteiger partial charge is 0.369 e. The van der Waals surface area contributed by atoms with Crippen molar-refractivity contribution in [3.05, 3.63) is 60.3 Å². The highest BCUT2D eigenvalue weighted by Gasteiger charge is 1.98. The van der Waals surface area contributed by atoms with E-state index in [-0.39, 0.29) is 12.4 Å². The predicted molar refractivity (Wildman–Crippen MR) is 73.7 cm³/mol. The summed E-state index contributed by atoms with van der Waals surface area (Å²) in [7, 11) is 0. The number of hydrogen-bond donors (Lipinski definition) is 0. The molecule has 0 bridgehead atoms. The molecule has 1 aromatic carbocycles. The number of nitrogens with zero attached hydrogens (tertiary/aromatic N) is 1. The second kappa shape index (κ2) is 8.00. The Bertz CT molecular complexity index is 326. The van der Waals surface area contributed by atoms with E-state index in [2.05, 4.69) is 55.8 Å². The topological polar surface area (TPSA) is 3.24 Å². The van der Waals surface area contributed by atoms with E-state index >= 15 is 0 Å². The average Bonchev–Trinajstić information content (AvgIpc) is 2.18. The van der Waals surface area contributed by atoms with Gasteiger partial charge in [0.05, 0.1) is 0 Å². The number of halogens is 1. The van der Waals surface area contributed by atoms with Crippen LogP contribution in [0.15, 0.2) is 54.8 Å². The van der Waals surface area contributed by atoms with Gasteiger partial charge in [0.25, 0.3) is 0 Å². The molecule has 0 saturated carbocycles. The van der Waals surface area contributed by atoms with Gasteiger partial charge in [-0.2, -0.15) is 0 Å². The van der Waals surface area contributed by atoms with Crippen molar-refractivity contribution in [2.24, 2.45) is 0 Å². The SMILES string of the molecule is C=CCN(C=C(C)C)Cc1ccccc1.Cl. The Morgan fingerprint density at radius 3 is 2.38 bits per heavy atom. The first-order chi connectivity index (χ1) is 7.22. The minimum absolute atomic E-state index is 0. The monoisotopic (exact) mass is 237 g/mol. The van der Waals surface area contributed by atoms with Crippen LogP contribution in [-0.4, -0.2) is 11.4 Å². The third-order valence-corrected chi connectivity index (χ3v) is 2.03. The molecular weight excluding hydrogens is 218 g/mol. The summed E-state index contributed by atoms with van der Waals surface area (Å²) >= 11 is 0. The van der Waals surface area contributed by atoms with Gasteiger partial charge in [-0.25, -0.2) is 0 Å². The van der Waals surface area contributed by atoms with Crippen molar-refractivity contribution in [3.63, 3.8) is 0 Å². The molecule has 0 unspecified atom stereocenters. The Morgan fingerprint density at radius 2 is 1.88 bits per heavy atom. The van der Waals surface area contributed by atoms with Crippen molar-refractivity contribution in [2.45, 2.75) is 20.4 Å². The van der Waals surface area contributed by atoms with Crippen LogP contribution in [0.3, 0.4) is 0 Å². The van der Waals surface area contributed by atoms with E-state index in [0.29, 0.717) is 0 Å². The third kappa shape index (κ3) is 5.62. The maximum absolute atomic E-state index is 3.78. The average molecular weight is 238 g/mol. The number of rotatable bonds is 5. The van der Waals surface area contributed by atoms with Crippen LogP contribution in [0.4, 0.5) is 0 Å². The summed E-state index contributed by atoms with van der Waals surface area (Å²) in [5, 5.41) is 0. The molecule has 1 aromatic rings. The molecule has 0 spiro atoms. The Kier molecular flexibility index (Phi) is 7.40. The van der Waals surface area contributed by atoms with Crippen LogP contribution >= 0.6 is 12.4 Å². The molecule has 0 aliphatic carbocycles. The fourth-order valence-corrected chi connectivity index (χ4v) is 1.51. The molecule has 1 rings (SSSR count). The molecular formula is C14H20ClN. The molecule has 0 atom stereocenters. The summed E-state index contributed by atoms with van der Waals surface area (Å²) in [5.41, 5.74) is 2.64. The van der Waals surface area contributed by atoms with Crippen molar-refractivity contribution in [3.8, 4) is 0 Å². The van der Waals surface area contributed by atoms with E-state index in [0.717, 1.165) is 13.1 Å². The van der Waals surface area contributed by atoms with E-state index in [9.17, 15) is 0 Å². The Morgan fingerprint density at radius 1 is 1.25 bits per heavy atom. The number of benzene rings is 1. The summed E-state index contributed by atoms with van der Waals surface area (Å²) in [6.07, 6.45) is 4.11. The van der Waals surface area contributed by atoms with Crippen LogP contribution in [0.5, 0.6) is 0 Å². The molecule has 0 radical (unpaired) electrons. The third-order valence-electron chi connectivity index (χ3n) is 2.03. The maximum atomic E-state index is 3.78. The quantitative estimate of drug-likeness (QED) is 0.700. The second-order valence-electron chi connectivity index (χ2n) is 3.91.